The Hall–Kier alpha value is -1.88. The zero-order chi connectivity index (χ0) is 13.7. The van der Waals surface area contributed by atoms with Gasteiger partial charge in [-0.25, -0.2) is 4.98 Å². The van der Waals surface area contributed by atoms with Crippen LogP contribution in [0.4, 0.5) is 5.69 Å². The van der Waals surface area contributed by atoms with Gasteiger partial charge < -0.3 is 15.2 Å². The van der Waals surface area contributed by atoms with E-state index in [0.29, 0.717) is 4.99 Å². The van der Waals surface area contributed by atoms with Crippen molar-refractivity contribution < 1.29 is 0 Å². The number of rotatable bonds is 6. The maximum absolute atomic E-state index is 5.58. The van der Waals surface area contributed by atoms with Gasteiger partial charge in [-0.05, 0) is 30.7 Å². The van der Waals surface area contributed by atoms with Crippen LogP contribution < -0.4 is 10.6 Å². The maximum atomic E-state index is 5.58. The molecule has 0 unspecified atom stereocenters. The average molecular weight is 274 g/mol. The largest absolute Gasteiger partial charge is 0.389 e. The smallest absolute Gasteiger partial charge is 0.103 e. The molecular weight excluding hydrogens is 256 g/mol. The van der Waals surface area contributed by atoms with E-state index in [4.69, 9.17) is 18.0 Å². The molecule has 2 N–H and O–H groups in total. The third-order valence-corrected chi connectivity index (χ3v) is 3.30. The molecule has 0 atom stereocenters. The first-order chi connectivity index (χ1) is 9.16. The number of anilines is 1. The minimum absolute atomic E-state index is 0.439. The SMILES string of the molecule is CN(CCCn1ccnc1)c1ccc(C(N)=S)cc1. The molecule has 0 bridgehead atoms. The van der Waals surface area contributed by atoms with Crippen molar-refractivity contribution in [3.05, 3.63) is 48.5 Å². The van der Waals surface area contributed by atoms with Crippen LogP contribution in [0.3, 0.4) is 0 Å². The number of nitrogens with two attached hydrogens (primary N) is 1. The first kappa shape index (κ1) is 13.5. The molecule has 0 amide bonds. The van der Waals surface area contributed by atoms with Gasteiger partial charge in [-0.1, -0.05) is 12.2 Å². The second-order valence-electron chi connectivity index (χ2n) is 4.49. The van der Waals surface area contributed by atoms with Crippen LogP contribution in [0.5, 0.6) is 0 Å². The summed E-state index contributed by atoms with van der Waals surface area (Å²) in [5.41, 5.74) is 7.66. The topological polar surface area (TPSA) is 47.1 Å². The van der Waals surface area contributed by atoms with Crippen LogP contribution >= 0.6 is 12.2 Å². The van der Waals surface area contributed by atoms with Crippen LogP contribution in [-0.4, -0.2) is 28.1 Å². The van der Waals surface area contributed by atoms with Crippen molar-refractivity contribution in [3.8, 4) is 0 Å². The van der Waals surface area contributed by atoms with E-state index in [0.717, 1.165) is 25.1 Å². The van der Waals surface area contributed by atoms with Crippen LogP contribution in [0, 0.1) is 0 Å². The molecule has 2 rings (SSSR count). The molecule has 0 aliphatic carbocycles. The first-order valence-corrected chi connectivity index (χ1v) is 6.64. The summed E-state index contributed by atoms with van der Waals surface area (Å²) in [6.45, 7) is 1.97. The molecule has 0 radical (unpaired) electrons. The van der Waals surface area contributed by atoms with Crippen molar-refractivity contribution in [2.24, 2.45) is 5.73 Å². The van der Waals surface area contributed by atoms with Gasteiger partial charge in [0.15, 0.2) is 0 Å². The Bertz CT molecular complexity index is 519. The number of nitrogens with zero attached hydrogens (tertiary/aromatic N) is 3. The molecule has 5 heteroatoms. The number of thiocarbonyl (C=S) groups is 1. The highest BCUT2D eigenvalue weighted by atomic mass is 32.1. The maximum Gasteiger partial charge on any atom is 0.103 e. The normalized spacial score (nSPS) is 10.4. The van der Waals surface area contributed by atoms with E-state index in [1.54, 1.807) is 6.20 Å². The Morgan fingerprint density at radius 3 is 2.68 bits per heavy atom. The molecule has 1 heterocycles. The van der Waals surface area contributed by atoms with E-state index in [-0.39, 0.29) is 0 Å². The fourth-order valence-electron chi connectivity index (χ4n) is 1.92. The molecule has 0 aliphatic rings. The van der Waals surface area contributed by atoms with Gasteiger partial charge in [0.05, 0.1) is 6.33 Å². The van der Waals surface area contributed by atoms with Crippen LogP contribution in [-0.2, 0) is 6.54 Å². The molecule has 0 spiro atoms. The zero-order valence-corrected chi connectivity index (χ0v) is 11.8. The Balaban J connectivity index is 1.85. The van der Waals surface area contributed by atoms with Gasteiger partial charge in [-0.2, -0.15) is 0 Å². The van der Waals surface area contributed by atoms with E-state index in [1.165, 1.54) is 5.69 Å². The summed E-state index contributed by atoms with van der Waals surface area (Å²) >= 11 is 4.94. The summed E-state index contributed by atoms with van der Waals surface area (Å²) in [5.74, 6) is 0. The second kappa shape index (κ2) is 6.33. The average Bonchev–Trinajstić information content (AvgIpc) is 2.92. The highest BCUT2D eigenvalue weighted by Crippen LogP contribution is 2.14. The summed E-state index contributed by atoms with van der Waals surface area (Å²) < 4.78 is 2.09. The molecule has 1 aromatic carbocycles. The van der Waals surface area contributed by atoms with Crippen molar-refractivity contribution in [1.29, 1.82) is 0 Å². The Morgan fingerprint density at radius 1 is 1.37 bits per heavy atom. The van der Waals surface area contributed by atoms with E-state index in [1.807, 2.05) is 36.8 Å². The summed E-state index contributed by atoms with van der Waals surface area (Å²) in [6.07, 6.45) is 6.70. The molecule has 0 saturated heterocycles. The van der Waals surface area contributed by atoms with Gasteiger partial charge in [0.1, 0.15) is 4.99 Å². The van der Waals surface area contributed by atoms with Crippen molar-refractivity contribution in [3.63, 3.8) is 0 Å². The van der Waals surface area contributed by atoms with Crippen LogP contribution in [0.15, 0.2) is 43.0 Å². The summed E-state index contributed by atoms with van der Waals surface area (Å²) in [6, 6.07) is 8.02. The van der Waals surface area contributed by atoms with Crippen LogP contribution in [0.1, 0.15) is 12.0 Å². The summed E-state index contributed by atoms with van der Waals surface area (Å²) in [7, 11) is 2.09. The monoisotopic (exact) mass is 274 g/mol. The quantitative estimate of drug-likeness (QED) is 0.819. The minimum Gasteiger partial charge on any atom is -0.389 e. The van der Waals surface area contributed by atoms with Gasteiger partial charge in [0.2, 0.25) is 0 Å². The van der Waals surface area contributed by atoms with Crippen LogP contribution in [0.25, 0.3) is 0 Å². The van der Waals surface area contributed by atoms with Crippen molar-refractivity contribution in [2.75, 3.05) is 18.5 Å². The molecular formula is C14H18N4S. The molecule has 100 valence electrons. The third kappa shape index (κ3) is 3.79. The van der Waals surface area contributed by atoms with Gasteiger partial charge in [-0.3, -0.25) is 0 Å². The van der Waals surface area contributed by atoms with E-state index < -0.39 is 0 Å². The molecule has 0 fully saturated rings. The molecule has 1 aromatic heterocycles. The minimum atomic E-state index is 0.439. The van der Waals surface area contributed by atoms with Gasteiger partial charge in [-0.15, -0.1) is 0 Å². The number of benzene rings is 1. The van der Waals surface area contributed by atoms with E-state index in [2.05, 4.69) is 21.5 Å². The lowest BCUT2D eigenvalue weighted by Gasteiger charge is -2.19. The lowest BCUT2D eigenvalue weighted by molar-refractivity contribution is 0.637. The number of imidazole rings is 1. The van der Waals surface area contributed by atoms with E-state index in [9.17, 15) is 0 Å². The van der Waals surface area contributed by atoms with Gasteiger partial charge in [0, 0.05) is 43.8 Å². The second-order valence-corrected chi connectivity index (χ2v) is 4.93. The Morgan fingerprint density at radius 2 is 2.11 bits per heavy atom. The lowest BCUT2D eigenvalue weighted by atomic mass is 10.2. The first-order valence-electron chi connectivity index (χ1n) is 6.23. The lowest BCUT2D eigenvalue weighted by Crippen LogP contribution is -2.20. The zero-order valence-electron chi connectivity index (χ0n) is 11.0. The number of hydrogen-bond acceptors (Lipinski definition) is 3. The highest BCUT2D eigenvalue weighted by molar-refractivity contribution is 7.80. The third-order valence-electron chi connectivity index (χ3n) is 3.06. The molecule has 0 saturated carbocycles. The number of aryl methyl sites for hydroxylation is 1. The fourth-order valence-corrected chi connectivity index (χ4v) is 2.05. The van der Waals surface area contributed by atoms with Gasteiger partial charge in [0.25, 0.3) is 0 Å². The highest BCUT2D eigenvalue weighted by Gasteiger charge is 2.02. The Labute approximate surface area is 118 Å². The summed E-state index contributed by atoms with van der Waals surface area (Å²) in [4.78, 5) is 6.69. The van der Waals surface area contributed by atoms with Crippen molar-refractivity contribution >= 4 is 22.9 Å². The predicted molar refractivity (Wildman–Crippen MR) is 82.4 cm³/mol. The van der Waals surface area contributed by atoms with Crippen molar-refractivity contribution in [1.82, 2.24) is 9.55 Å². The molecule has 4 nitrogen and oxygen atoms in total. The molecule has 0 aliphatic heterocycles. The number of hydrogen-bond donors (Lipinski definition) is 1. The predicted octanol–water partition coefficient (Wildman–Crippen LogP) is 2.04. The van der Waals surface area contributed by atoms with Gasteiger partial charge >= 0.3 is 0 Å². The molecule has 2 aromatic rings. The summed E-state index contributed by atoms with van der Waals surface area (Å²) in [5, 5.41) is 0. The molecule has 19 heavy (non-hydrogen) atoms. The van der Waals surface area contributed by atoms with E-state index >= 15 is 0 Å². The standard InChI is InChI=1S/C14H18N4S/c1-17(8-2-9-18-10-7-16-11-18)13-5-3-12(4-6-13)14(15)19/h3-7,10-11H,2,8-9H2,1H3,(H2,15,19). The number of aromatic nitrogens is 2. The van der Waals surface area contributed by atoms with Crippen LogP contribution in [0.2, 0.25) is 0 Å². The van der Waals surface area contributed by atoms with Crippen molar-refractivity contribution in [2.45, 2.75) is 13.0 Å². The fraction of sp³-hybridized carbons (Fsp3) is 0.286. The Kier molecular flexibility index (Phi) is 4.52.